The van der Waals surface area contributed by atoms with Crippen LogP contribution in [0.3, 0.4) is 0 Å². The smallest absolute Gasteiger partial charge is 0.251 e. The van der Waals surface area contributed by atoms with Gasteiger partial charge in [0.05, 0.1) is 6.04 Å². The molecule has 1 fully saturated rings. The Morgan fingerprint density at radius 1 is 1.50 bits per heavy atom. The number of amides is 1. The van der Waals surface area contributed by atoms with Gasteiger partial charge in [-0.2, -0.15) is 0 Å². The van der Waals surface area contributed by atoms with Gasteiger partial charge in [0.1, 0.15) is 6.10 Å². The highest BCUT2D eigenvalue weighted by molar-refractivity contribution is 5.83. The van der Waals surface area contributed by atoms with Crippen molar-refractivity contribution in [1.29, 1.82) is 0 Å². The average molecular weight is 192 g/mol. The number of hydrogen-bond donors (Lipinski definition) is 1. The van der Waals surface area contributed by atoms with Crippen molar-refractivity contribution in [2.24, 2.45) is 0 Å². The molecule has 2 rings (SSSR count). The van der Waals surface area contributed by atoms with Gasteiger partial charge in [-0.3, -0.25) is 9.78 Å². The second-order valence-corrected chi connectivity index (χ2v) is 3.50. The van der Waals surface area contributed by atoms with Gasteiger partial charge in [0.25, 0.3) is 5.91 Å². The molecular weight excluding hydrogens is 180 g/mol. The Labute approximate surface area is 82.2 Å². The molecule has 74 valence electrons. The monoisotopic (exact) mass is 192 g/mol. The largest absolute Gasteiger partial charge is 0.383 e. The van der Waals surface area contributed by atoms with Gasteiger partial charge in [-0.05, 0) is 17.7 Å². The van der Waals surface area contributed by atoms with Crippen molar-refractivity contribution >= 4 is 5.91 Å². The molecule has 1 aliphatic rings. The van der Waals surface area contributed by atoms with Crippen molar-refractivity contribution < 1.29 is 9.90 Å². The molecule has 0 unspecified atom stereocenters. The highest BCUT2D eigenvalue weighted by atomic mass is 16.3. The van der Waals surface area contributed by atoms with Crippen LogP contribution in [0.5, 0.6) is 0 Å². The predicted octanol–water partition coefficient (Wildman–Crippen LogP) is 0.346. The number of hydrogen-bond acceptors (Lipinski definition) is 3. The Balaban J connectivity index is 2.26. The van der Waals surface area contributed by atoms with Crippen LogP contribution in [0.1, 0.15) is 18.0 Å². The maximum atomic E-state index is 11.3. The summed E-state index contributed by atoms with van der Waals surface area (Å²) in [6.07, 6.45) is 3.01. The van der Waals surface area contributed by atoms with E-state index in [4.69, 9.17) is 0 Å². The Morgan fingerprint density at radius 2 is 2.14 bits per heavy atom. The molecule has 2 atom stereocenters. The highest BCUT2D eigenvalue weighted by Gasteiger charge is 2.36. The molecule has 4 heteroatoms. The summed E-state index contributed by atoms with van der Waals surface area (Å²) in [6, 6.07) is 3.72. The van der Waals surface area contributed by atoms with Gasteiger partial charge in [-0.25, -0.2) is 0 Å². The molecule has 1 aliphatic heterocycles. The maximum Gasteiger partial charge on any atom is 0.251 e. The summed E-state index contributed by atoms with van der Waals surface area (Å²) in [5.41, 5.74) is 1.02. The van der Waals surface area contributed by atoms with Crippen LogP contribution in [0.25, 0.3) is 0 Å². The fourth-order valence-electron chi connectivity index (χ4n) is 1.80. The number of carbonyl (C=O) groups is 1. The molecule has 4 nitrogen and oxygen atoms in total. The summed E-state index contributed by atoms with van der Waals surface area (Å²) in [5.74, 6) is -0.202. The first-order valence-electron chi connectivity index (χ1n) is 4.55. The fourth-order valence-corrected chi connectivity index (χ4v) is 1.80. The zero-order valence-corrected chi connectivity index (χ0v) is 7.92. The molecule has 0 spiro atoms. The van der Waals surface area contributed by atoms with Crippen LogP contribution < -0.4 is 0 Å². The lowest BCUT2D eigenvalue weighted by molar-refractivity contribution is -0.134. The summed E-state index contributed by atoms with van der Waals surface area (Å²) in [5, 5.41) is 9.39. The van der Waals surface area contributed by atoms with Crippen molar-refractivity contribution in [3.63, 3.8) is 0 Å². The third-order valence-electron chi connectivity index (χ3n) is 2.64. The van der Waals surface area contributed by atoms with Gasteiger partial charge in [-0.15, -0.1) is 0 Å². The number of aromatic nitrogens is 1. The molecule has 1 amide bonds. The van der Waals surface area contributed by atoms with E-state index in [2.05, 4.69) is 4.98 Å². The van der Waals surface area contributed by atoms with E-state index in [1.54, 1.807) is 24.3 Å². The third-order valence-corrected chi connectivity index (χ3v) is 2.64. The van der Waals surface area contributed by atoms with E-state index in [-0.39, 0.29) is 11.9 Å². The van der Waals surface area contributed by atoms with Gasteiger partial charge in [0.15, 0.2) is 0 Å². The Morgan fingerprint density at radius 3 is 2.64 bits per heavy atom. The van der Waals surface area contributed by atoms with E-state index >= 15 is 0 Å². The predicted molar refractivity (Wildman–Crippen MR) is 50.4 cm³/mol. The molecule has 1 N–H and O–H groups in total. The maximum absolute atomic E-state index is 11.3. The van der Waals surface area contributed by atoms with Gasteiger partial charge in [0.2, 0.25) is 0 Å². The number of aliphatic hydroxyl groups is 1. The first-order valence-corrected chi connectivity index (χ1v) is 4.55. The topological polar surface area (TPSA) is 53.4 Å². The van der Waals surface area contributed by atoms with Crippen molar-refractivity contribution in [3.05, 3.63) is 30.1 Å². The number of nitrogens with zero attached hydrogens (tertiary/aromatic N) is 2. The summed E-state index contributed by atoms with van der Waals surface area (Å²) in [6.45, 7) is 0. The highest BCUT2D eigenvalue weighted by Crippen LogP contribution is 2.30. The van der Waals surface area contributed by atoms with E-state index in [0.717, 1.165) is 5.56 Å². The molecule has 1 aromatic rings. The molecule has 0 aromatic carbocycles. The van der Waals surface area contributed by atoms with E-state index < -0.39 is 6.10 Å². The second kappa shape index (κ2) is 3.38. The van der Waals surface area contributed by atoms with Gasteiger partial charge >= 0.3 is 0 Å². The van der Waals surface area contributed by atoms with Crippen LogP contribution in [0.4, 0.5) is 0 Å². The molecule has 14 heavy (non-hydrogen) atoms. The SMILES string of the molecule is CN1C(=O)[C@H](O)C[C@@H]1c1ccncc1. The Kier molecular flexibility index (Phi) is 2.21. The minimum Gasteiger partial charge on any atom is -0.383 e. The number of aliphatic hydroxyl groups excluding tert-OH is 1. The lowest BCUT2D eigenvalue weighted by atomic mass is 10.1. The van der Waals surface area contributed by atoms with Crippen LogP contribution in [-0.4, -0.2) is 34.0 Å². The summed E-state index contributed by atoms with van der Waals surface area (Å²) in [4.78, 5) is 16.8. The molecular formula is C10H12N2O2. The number of rotatable bonds is 1. The van der Waals surface area contributed by atoms with Crippen molar-refractivity contribution in [3.8, 4) is 0 Å². The standard InChI is InChI=1S/C10H12N2O2/c1-12-8(6-9(13)10(12)14)7-2-4-11-5-3-7/h2-5,8-9,13H,6H2,1H3/t8-,9-/m1/s1. The lowest BCUT2D eigenvalue weighted by Crippen LogP contribution is -2.26. The zero-order chi connectivity index (χ0) is 10.1. The zero-order valence-electron chi connectivity index (χ0n) is 7.92. The molecule has 1 aromatic heterocycles. The molecule has 0 bridgehead atoms. The van der Waals surface area contributed by atoms with Gasteiger partial charge < -0.3 is 10.0 Å². The minimum absolute atomic E-state index is 0.0134. The number of likely N-dealkylation sites (N-methyl/N-ethyl adjacent to an activating group) is 1. The van der Waals surface area contributed by atoms with Crippen LogP contribution in [0.2, 0.25) is 0 Å². The van der Waals surface area contributed by atoms with Crippen LogP contribution >= 0.6 is 0 Å². The Bertz CT molecular complexity index is 339. The minimum atomic E-state index is -0.849. The first-order chi connectivity index (χ1) is 6.70. The van der Waals surface area contributed by atoms with E-state index in [0.29, 0.717) is 6.42 Å². The molecule has 1 saturated heterocycles. The number of likely N-dealkylation sites (tertiary alicyclic amines) is 1. The summed E-state index contributed by atoms with van der Waals surface area (Å²) < 4.78 is 0. The van der Waals surface area contributed by atoms with Gasteiger partial charge in [0, 0.05) is 25.9 Å². The fraction of sp³-hybridized carbons (Fsp3) is 0.400. The van der Waals surface area contributed by atoms with E-state index in [1.165, 1.54) is 0 Å². The second-order valence-electron chi connectivity index (χ2n) is 3.50. The number of pyridine rings is 1. The van der Waals surface area contributed by atoms with Crippen LogP contribution in [0.15, 0.2) is 24.5 Å². The van der Waals surface area contributed by atoms with Crippen molar-refractivity contribution in [2.45, 2.75) is 18.6 Å². The van der Waals surface area contributed by atoms with E-state index in [9.17, 15) is 9.90 Å². The Hall–Kier alpha value is -1.42. The van der Waals surface area contributed by atoms with Crippen molar-refractivity contribution in [1.82, 2.24) is 9.88 Å². The molecule has 0 saturated carbocycles. The third kappa shape index (κ3) is 1.37. The lowest BCUT2D eigenvalue weighted by Gasteiger charge is -2.19. The summed E-state index contributed by atoms with van der Waals surface area (Å²) >= 11 is 0. The summed E-state index contributed by atoms with van der Waals surface area (Å²) in [7, 11) is 1.71. The van der Waals surface area contributed by atoms with E-state index in [1.807, 2.05) is 12.1 Å². The molecule has 0 radical (unpaired) electrons. The van der Waals surface area contributed by atoms with Crippen molar-refractivity contribution in [2.75, 3.05) is 7.05 Å². The number of carbonyl (C=O) groups excluding carboxylic acids is 1. The molecule has 0 aliphatic carbocycles. The quantitative estimate of drug-likeness (QED) is 0.698. The molecule has 2 heterocycles. The average Bonchev–Trinajstić information content (AvgIpc) is 2.47. The van der Waals surface area contributed by atoms with Crippen LogP contribution in [0, 0.1) is 0 Å². The first kappa shape index (κ1) is 9.15. The normalized spacial score (nSPS) is 27.0. The van der Waals surface area contributed by atoms with Gasteiger partial charge in [-0.1, -0.05) is 0 Å². The van der Waals surface area contributed by atoms with Crippen LogP contribution in [-0.2, 0) is 4.79 Å².